The van der Waals surface area contributed by atoms with Crippen LogP contribution in [0.5, 0.6) is 0 Å². The number of carbonyl (C=O) groups excluding carboxylic acids is 1. The quantitative estimate of drug-likeness (QED) is 0.697. The number of para-hydroxylation sites is 2. The Morgan fingerprint density at radius 3 is 2.85 bits per heavy atom. The van der Waals surface area contributed by atoms with Crippen molar-refractivity contribution in [2.45, 2.75) is 39.2 Å². The van der Waals surface area contributed by atoms with E-state index in [9.17, 15) is 9.59 Å². The summed E-state index contributed by atoms with van der Waals surface area (Å²) in [5.41, 5.74) is 1.38. The molecule has 1 aromatic carbocycles. The Morgan fingerprint density at radius 2 is 2.12 bits per heavy atom. The number of aromatic nitrogens is 4. The van der Waals surface area contributed by atoms with Gasteiger partial charge in [0.25, 0.3) is 0 Å². The van der Waals surface area contributed by atoms with Gasteiger partial charge in [0, 0.05) is 38.9 Å². The van der Waals surface area contributed by atoms with Crippen molar-refractivity contribution >= 4 is 16.9 Å². The zero-order valence-electron chi connectivity index (χ0n) is 15.2. The number of rotatable bonds is 7. The van der Waals surface area contributed by atoms with Gasteiger partial charge in [-0.05, 0) is 12.1 Å². The van der Waals surface area contributed by atoms with Gasteiger partial charge in [0.05, 0.1) is 11.0 Å². The predicted molar refractivity (Wildman–Crippen MR) is 96.9 cm³/mol. The first-order valence-electron chi connectivity index (χ1n) is 8.69. The van der Waals surface area contributed by atoms with Crippen LogP contribution in [0.1, 0.15) is 37.9 Å². The molecule has 0 bridgehead atoms. The van der Waals surface area contributed by atoms with Crippen molar-refractivity contribution in [1.29, 1.82) is 0 Å². The van der Waals surface area contributed by atoms with Gasteiger partial charge in [-0.2, -0.15) is 4.98 Å². The number of amides is 1. The summed E-state index contributed by atoms with van der Waals surface area (Å²) >= 11 is 0. The van der Waals surface area contributed by atoms with Gasteiger partial charge in [0.15, 0.2) is 5.82 Å². The summed E-state index contributed by atoms with van der Waals surface area (Å²) in [7, 11) is 1.74. The predicted octanol–water partition coefficient (Wildman–Crippen LogP) is 1.93. The largest absolute Gasteiger partial charge is 0.345 e. The standard InChI is InChI=1S/C18H23N5O3/c1-12(2)17-20-15(21-26-17)8-10-22(3)16(24)9-11-23-14-7-5-4-6-13(14)19-18(23)25/h4-7,12H,8-11H2,1-3H3,(H,19,25). The highest BCUT2D eigenvalue weighted by Crippen LogP contribution is 2.12. The van der Waals surface area contributed by atoms with E-state index in [-0.39, 0.29) is 23.9 Å². The summed E-state index contributed by atoms with van der Waals surface area (Å²) in [4.78, 5) is 33.1. The van der Waals surface area contributed by atoms with Crippen LogP contribution in [0.15, 0.2) is 33.6 Å². The van der Waals surface area contributed by atoms with Crippen LogP contribution >= 0.6 is 0 Å². The van der Waals surface area contributed by atoms with E-state index < -0.39 is 0 Å². The summed E-state index contributed by atoms with van der Waals surface area (Å²) in [6.45, 7) is 4.81. The molecule has 2 heterocycles. The summed E-state index contributed by atoms with van der Waals surface area (Å²) in [5, 5.41) is 3.93. The van der Waals surface area contributed by atoms with Crippen LogP contribution in [0.3, 0.4) is 0 Å². The smallest absolute Gasteiger partial charge is 0.326 e. The Morgan fingerprint density at radius 1 is 1.35 bits per heavy atom. The average Bonchev–Trinajstić information content (AvgIpc) is 3.21. The fraction of sp³-hybridized carbons (Fsp3) is 0.444. The monoisotopic (exact) mass is 357 g/mol. The molecular formula is C18H23N5O3. The molecule has 1 N–H and O–H groups in total. The van der Waals surface area contributed by atoms with Gasteiger partial charge in [-0.1, -0.05) is 31.1 Å². The Kier molecular flexibility index (Phi) is 5.20. The molecule has 0 fully saturated rings. The Bertz CT molecular complexity index is 953. The molecule has 8 nitrogen and oxygen atoms in total. The third kappa shape index (κ3) is 3.84. The third-order valence-electron chi connectivity index (χ3n) is 4.31. The fourth-order valence-corrected chi connectivity index (χ4v) is 2.72. The number of nitrogens with one attached hydrogen (secondary N) is 1. The van der Waals surface area contributed by atoms with E-state index in [0.29, 0.717) is 31.2 Å². The number of imidazole rings is 1. The van der Waals surface area contributed by atoms with Crippen LogP contribution in [-0.4, -0.2) is 44.1 Å². The van der Waals surface area contributed by atoms with Gasteiger partial charge in [-0.25, -0.2) is 4.79 Å². The van der Waals surface area contributed by atoms with Gasteiger partial charge in [0.1, 0.15) is 0 Å². The SMILES string of the molecule is CC(C)c1nc(CCN(C)C(=O)CCn2c(=O)[nH]c3ccccc32)no1. The maximum atomic E-state index is 12.4. The number of hydrogen-bond acceptors (Lipinski definition) is 5. The molecule has 0 aliphatic rings. The zero-order valence-corrected chi connectivity index (χ0v) is 15.2. The van der Waals surface area contributed by atoms with E-state index >= 15 is 0 Å². The van der Waals surface area contributed by atoms with E-state index in [1.165, 1.54) is 0 Å². The maximum Gasteiger partial charge on any atom is 0.326 e. The van der Waals surface area contributed by atoms with Gasteiger partial charge in [-0.3, -0.25) is 9.36 Å². The Balaban J connectivity index is 1.55. The first-order valence-corrected chi connectivity index (χ1v) is 8.69. The second-order valence-electron chi connectivity index (χ2n) is 6.62. The summed E-state index contributed by atoms with van der Waals surface area (Å²) in [5.74, 6) is 1.36. The van der Waals surface area contributed by atoms with E-state index in [1.54, 1.807) is 16.5 Å². The Hall–Kier alpha value is -2.90. The number of fused-ring (bicyclic) bond motifs is 1. The van der Waals surface area contributed by atoms with E-state index in [2.05, 4.69) is 15.1 Å². The lowest BCUT2D eigenvalue weighted by Gasteiger charge is -2.16. The molecule has 3 aromatic rings. The van der Waals surface area contributed by atoms with Crippen molar-refractivity contribution in [2.75, 3.05) is 13.6 Å². The normalized spacial score (nSPS) is 11.4. The minimum atomic E-state index is -0.199. The molecule has 2 aromatic heterocycles. The maximum absolute atomic E-state index is 12.4. The molecule has 0 aliphatic carbocycles. The molecule has 0 saturated heterocycles. The number of aryl methyl sites for hydroxylation is 1. The van der Waals surface area contributed by atoms with Crippen molar-refractivity contribution in [3.63, 3.8) is 0 Å². The number of aromatic amines is 1. The second-order valence-corrected chi connectivity index (χ2v) is 6.62. The molecule has 0 atom stereocenters. The molecular weight excluding hydrogens is 334 g/mol. The third-order valence-corrected chi connectivity index (χ3v) is 4.31. The second kappa shape index (κ2) is 7.55. The van der Waals surface area contributed by atoms with E-state index in [0.717, 1.165) is 11.0 Å². The van der Waals surface area contributed by atoms with Crippen LogP contribution in [0.4, 0.5) is 0 Å². The van der Waals surface area contributed by atoms with Gasteiger partial charge in [-0.15, -0.1) is 0 Å². The van der Waals surface area contributed by atoms with Crippen LogP contribution < -0.4 is 5.69 Å². The van der Waals surface area contributed by atoms with E-state index in [1.807, 2.05) is 38.1 Å². The summed E-state index contributed by atoms with van der Waals surface area (Å²) in [6.07, 6.45) is 0.785. The molecule has 0 saturated carbocycles. The number of H-pyrrole nitrogens is 1. The van der Waals surface area contributed by atoms with Crippen molar-refractivity contribution in [3.05, 3.63) is 46.5 Å². The number of hydrogen-bond donors (Lipinski definition) is 1. The van der Waals surface area contributed by atoms with Gasteiger partial charge >= 0.3 is 5.69 Å². The van der Waals surface area contributed by atoms with Crippen molar-refractivity contribution in [2.24, 2.45) is 0 Å². The molecule has 1 amide bonds. The average molecular weight is 357 g/mol. The molecule has 0 unspecified atom stereocenters. The molecule has 0 aliphatic heterocycles. The Labute approximate surface area is 150 Å². The first kappa shape index (κ1) is 17.9. The lowest BCUT2D eigenvalue weighted by atomic mass is 10.2. The molecule has 26 heavy (non-hydrogen) atoms. The van der Waals surface area contributed by atoms with Crippen LogP contribution in [0, 0.1) is 0 Å². The lowest BCUT2D eigenvalue weighted by Crippen LogP contribution is -2.30. The summed E-state index contributed by atoms with van der Waals surface area (Å²) in [6, 6.07) is 7.45. The number of nitrogens with zero attached hydrogens (tertiary/aromatic N) is 4. The van der Waals surface area contributed by atoms with Crippen LogP contribution in [0.25, 0.3) is 11.0 Å². The lowest BCUT2D eigenvalue weighted by molar-refractivity contribution is -0.130. The molecule has 138 valence electrons. The highest BCUT2D eigenvalue weighted by atomic mass is 16.5. The number of carbonyl (C=O) groups is 1. The van der Waals surface area contributed by atoms with Crippen LogP contribution in [0.2, 0.25) is 0 Å². The van der Waals surface area contributed by atoms with Crippen molar-refractivity contribution in [3.8, 4) is 0 Å². The summed E-state index contributed by atoms with van der Waals surface area (Å²) < 4.78 is 6.76. The molecule has 8 heteroatoms. The van der Waals surface area contributed by atoms with Crippen molar-refractivity contribution < 1.29 is 9.32 Å². The minimum absolute atomic E-state index is 0.0326. The number of likely N-dealkylation sites (N-methyl/N-ethyl adjacent to an activating group) is 1. The molecule has 0 radical (unpaired) electrons. The first-order chi connectivity index (χ1) is 12.5. The highest BCUT2D eigenvalue weighted by molar-refractivity contribution is 5.77. The minimum Gasteiger partial charge on any atom is -0.345 e. The topological polar surface area (TPSA) is 97.0 Å². The van der Waals surface area contributed by atoms with Crippen molar-refractivity contribution in [1.82, 2.24) is 24.6 Å². The van der Waals surface area contributed by atoms with Gasteiger partial charge in [0.2, 0.25) is 11.8 Å². The fourth-order valence-electron chi connectivity index (χ4n) is 2.72. The zero-order chi connectivity index (χ0) is 18.7. The van der Waals surface area contributed by atoms with Gasteiger partial charge < -0.3 is 14.4 Å². The molecule has 0 spiro atoms. The van der Waals surface area contributed by atoms with E-state index in [4.69, 9.17) is 4.52 Å². The highest BCUT2D eigenvalue weighted by Gasteiger charge is 2.14. The number of benzene rings is 1. The molecule has 3 rings (SSSR count). The van der Waals surface area contributed by atoms with Crippen LogP contribution in [-0.2, 0) is 17.8 Å².